The summed E-state index contributed by atoms with van der Waals surface area (Å²) in [6.45, 7) is 0.909. The molecular weight excluding hydrogens is 449 g/mol. The molecule has 138 valence electrons. The van der Waals surface area contributed by atoms with Crippen LogP contribution in [0, 0.1) is 3.57 Å². The van der Waals surface area contributed by atoms with Crippen molar-refractivity contribution in [3.63, 3.8) is 0 Å². The van der Waals surface area contributed by atoms with Gasteiger partial charge in [0, 0.05) is 10.1 Å². The van der Waals surface area contributed by atoms with E-state index in [0.29, 0.717) is 13.0 Å². The van der Waals surface area contributed by atoms with Gasteiger partial charge < -0.3 is 10.1 Å². The molecule has 0 heterocycles. The number of rotatable bonds is 8. The van der Waals surface area contributed by atoms with E-state index in [4.69, 9.17) is 4.74 Å². The summed E-state index contributed by atoms with van der Waals surface area (Å²) < 4.78 is 6.75. The largest absolute Gasteiger partial charge is 0.460 e. The second-order valence-electron chi connectivity index (χ2n) is 6.34. The van der Waals surface area contributed by atoms with Crippen LogP contribution in [0.1, 0.15) is 16.7 Å². The lowest BCUT2D eigenvalue weighted by Crippen LogP contribution is -2.39. The molecule has 3 aromatic rings. The van der Waals surface area contributed by atoms with Crippen molar-refractivity contribution in [2.75, 3.05) is 0 Å². The lowest BCUT2D eigenvalue weighted by atomic mass is 10.1. The van der Waals surface area contributed by atoms with E-state index < -0.39 is 6.04 Å². The van der Waals surface area contributed by atoms with Gasteiger partial charge in [-0.1, -0.05) is 72.8 Å². The van der Waals surface area contributed by atoms with Crippen molar-refractivity contribution >= 4 is 28.6 Å². The normalized spacial score (nSPS) is 11.7. The summed E-state index contributed by atoms with van der Waals surface area (Å²) in [6, 6.07) is 27.7. The minimum Gasteiger partial charge on any atom is -0.460 e. The molecule has 3 rings (SSSR count). The Balaban J connectivity index is 1.65. The van der Waals surface area contributed by atoms with Crippen LogP contribution in [0.15, 0.2) is 84.9 Å². The Morgan fingerprint density at radius 3 is 2.04 bits per heavy atom. The Morgan fingerprint density at radius 2 is 1.41 bits per heavy atom. The van der Waals surface area contributed by atoms with Crippen molar-refractivity contribution in [1.82, 2.24) is 5.32 Å². The van der Waals surface area contributed by atoms with Gasteiger partial charge >= 0.3 is 5.97 Å². The van der Waals surface area contributed by atoms with Gasteiger partial charge in [-0.2, -0.15) is 0 Å². The van der Waals surface area contributed by atoms with Crippen LogP contribution >= 0.6 is 22.6 Å². The molecule has 3 nitrogen and oxygen atoms in total. The summed E-state index contributed by atoms with van der Waals surface area (Å²) in [7, 11) is 0. The lowest BCUT2D eigenvalue weighted by Gasteiger charge is -2.18. The zero-order chi connectivity index (χ0) is 18.9. The number of carbonyl (C=O) groups excluding carboxylic acids is 1. The van der Waals surface area contributed by atoms with Gasteiger partial charge in [-0.05, 0) is 57.8 Å². The maximum absolute atomic E-state index is 12.7. The molecule has 0 saturated carbocycles. The number of hydrogen-bond acceptors (Lipinski definition) is 3. The first-order chi connectivity index (χ1) is 13.2. The Morgan fingerprint density at radius 1 is 0.815 bits per heavy atom. The standard InChI is InChI=1S/C23H22INO2/c24-21-13-11-18(12-14-21)15-22(25-16-19-7-3-1-4-8-19)23(26)27-17-20-9-5-2-6-10-20/h1-14,22,25H,15-17H2. The Bertz CT molecular complexity index is 835. The van der Waals surface area contributed by atoms with Crippen LogP contribution in [0.2, 0.25) is 0 Å². The summed E-state index contributed by atoms with van der Waals surface area (Å²) in [5, 5.41) is 3.36. The molecule has 0 aliphatic heterocycles. The van der Waals surface area contributed by atoms with E-state index in [1.165, 1.54) is 3.57 Å². The fourth-order valence-electron chi connectivity index (χ4n) is 2.76. The smallest absolute Gasteiger partial charge is 0.323 e. The van der Waals surface area contributed by atoms with Crippen LogP contribution in [0.4, 0.5) is 0 Å². The van der Waals surface area contributed by atoms with Gasteiger partial charge in [0.1, 0.15) is 12.6 Å². The van der Waals surface area contributed by atoms with Crippen LogP contribution in [-0.2, 0) is 29.1 Å². The topological polar surface area (TPSA) is 38.3 Å². The maximum atomic E-state index is 12.7. The van der Waals surface area contributed by atoms with Crippen molar-refractivity contribution in [2.45, 2.75) is 25.6 Å². The highest BCUT2D eigenvalue weighted by Crippen LogP contribution is 2.11. The third-order valence-corrected chi connectivity index (χ3v) is 4.98. The average Bonchev–Trinajstić information content (AvgIpc) is 2.72. The molecule has 0 spiro atoms. The molecule has 0 aliphatic rings. The zero-order valence-corrected chi connectivity index (χ0v) is 17.1. The number of hydrogen-bond donors (Lipinski definition) is 1. The van der Waals surface area contributed by atoms with Crippen LogP contribution < -0.4 is 5.32 Å². The summed E-state index contributed by atoms with van der Waals surface area (Å²) in [4.78, 5) is 12.7. The number of ether oxygens (including phenoxy) is 1. The van der Waals surface area contributed by atoms with Gasteiger partial charge in [0.25, 0.3) is 0 Å². The van der Waals surface area contributed by atoms with Crippen LogP contribution in [0.3, 0.4) is 0 Å². The predicted molar refractivity (Wildman–Crippen MR) is 116 cm³/mol. The van der Waals surface area contributed by atoms with Crippen molar-refractivity contribution in [3.8, 4) is 0 Å². The van der Waals surface area contributed by atoms with Crippen molar-refractivity contribution < 1.29 is 9.53 Å². The molecule has 0 bridgehead atoms. The third-order valence-electron chi connectivity index (χ3n) is 4.26. The molecule has 0 fully saturated rings. The second-order valence-corrected chi connectivity index (χ2v) is 7.59. The average molecular weight is 471 g/mol. The molecule has 0 amide bonds. The molecule has 0 radical (unpaired) electrons. The van der Waals surface area contributed by atoms with Crippen LogP contribution in [-0.4, -0.2) is 12.0 Å². The number of halogens is 1. The van der Waals surface area contributed by atoms with Gasteiger partial charge in [0.05, 0.1) is 0 Å². The zero-order valence-electron chi connectivity index (χ0n) is 15.0. The highest BCUT2D eigenvalue weighted by Gasteiger charge is 2.20. The highest BCUT2D eigenvalue weighted by molar-refractivity contribution is 14.1. The van der Waals surface area contributed by atoms with Gasteiger partial charge in [-0.15, -0.1) is 0 Å². The van der Waals surface area contributed by atoms with Gasteiger partial charge in [0.15, 0.2) is 0 Å². The molecule has 0 aromatic heterocycles. The Hall–Kier alpha value is -2.18. The lowest BCUT2D eigenvalue weighted by molar-refractivity contribution is -0.147. The van der Waals surface area contributed by atoms with Gasteiger partial charge in [0.2, 0.25) is 0 Å². The SMILES string of the molecule is O=C(OCc1ccccc1)C(Cc1ccc(I)cc1)NCc1ccccc1. The predicted octanol–water partition coefficient (Wildman–Crippen LogP) is 4.74. The van der Waals surface area contributed by atoms with E-state index in [9.17, 15) is 4.79 Å². The van der Waals surface area contributed by atoms with Crippen LogP contribution in [0.5, 0.6) is 0 Å². The summed E-state index contributed by atoms with van der Waals surface area (Å²) >= 11 is 2.28. The van der Waals surface area contributed by atoms with Gasteiger partial charge in [-0.25, -0.2) is 0 Å². The molecule has 1 atom stereocenters. The van der Waals surface area contributed by atoms with E-state index in [2.05, 4.69) is 52.2 Å². The summed E-state index contributed by atoms with van der Waals surface area (Å²) in [5.74, 6) is -0.228. The monoisotopic (exact) mass is 471 g/mol. The number of nitrogens with one attached hydrogen (secondary N) is 1. The molecule has 3 aromatic carbocycles. The van der Waals surface area contributed by atoms with E-state index in [1.807, 2.05) is 60.7 Å². The fraction of sp³-hybridized carbons (Fsp3) is 0.174. The Kier molecular flexibility index (Phi) is 7.42. The fourth-order valence-corrected chi connectivity index (χ4v) is 3.12. The first kappa shape index (κ1) is 19.6. The quantitative estimate of drug-likeness (QED) is 0.381. The third kappa shape index (κ3) is 6.48. The van der Waals surface area contributed by atoms with Crippen LogP contribution in [0.25, 0.3) is 0 Å². The minimum absolute atomic E-state index is 0.228. The van der Waals surface area contributed by atoms with E-state index in [-0.39, 0.29) is 12.6 Å². The number of benzene rings is 3. The van der Waals surface area contributed by atoms with Crippen molar-refractivity contribution in [3.05, 3.63) is 105 Å². The van der Waals surface area contributed by atoms with Crippen molar-refractivity contribution in [2.24, 2.45) is 0 Å². The van der Waals surface area contributed by atoms with E-state index in [1.54, 1.807) is 0 Å². The second kappa shape index (κ2) is 10.2. The highest BCUT2D eigenvalue weighted by atomic mass is 127. The first-order valence-electron chi connectivity index (χ1n) is 8.93. The molecule has 1 unspecified atom stereocenters. The number of esters is 1. The molecular formula is C23H22INO2. The molecule has 1 N–H and O–H groups in total. The van der Waals surface area contributed by atoms with E-state index in [0.717, 1.165) is 16.7 Å². The minimum atomic E-state index is -0.394. The molecule has 4 heteroatoms. The summed E-state index contributed by atoms with van der Waals surface area (Å²) in [6.07, 6.45) is 0.595. The van der Waals surface area contributed by atoms with E-state index >= 15 is 0 Å². The molecule has 27 heavy (non-hydrogen) atoms. The Labute approximate surface area is 173 Å². The first-order valence-corrected chi connectivity index (χ1v) is 10.0. The summed E-state index contributed by atoms with van der Waals surface area (Å²) in [5.41, 5.74) is 3.24. The maximum Gasteiger partial charge on any atom is 0.323 e. The number of carbonyl (C=O) groups is 1. The molecule has 0 aliphatic carbocycles. The van der Waals surface area contributed by atoms with Crippen molar-refractivity contribution in [1.29, 1.82) is 0 Å². The van der Waals surface area contributed by atoms with Gasteiger partial charge in [-0.3, -0.25) is 4.79 Å². The molecule has 0 saturated heterocycles.